The Hall–Kier alpha value is -1.73. The third kappa shape index (κ3) is 3.64. The molecule has 2 aromatic rings. The van der Waals surface area contributed by atoms with Crippen molar-refractivity contribution < 1.29 is 13.9 Å². The van der Waals surface area contributed by atoms with Crippen LogP contribution in [0.1, 0.15) is 10.4 Å². The molecule has 1 aromatic heterocycles. The number of carbonyl (C=O) groups is 1. The summed E-state index contributed by atoms with van der Waals surface area (Å²) in [5.74, 6) is -1.09. The van der Waals surface area contributed by atoms with Gasteiger partial charge in [-0.15, -0.1) is 0 Å². The summed E-state index contributed by atoms with van der Waals surface area (Å²) in [7, 11) is 1.60. The van der Waals surface area contributed by atoms with Gasteiger partial charge in [0.2, 0.25) is 0 Å². The average Bonchev–Trinajstić information content (AvgIpc) is 2.86. The van der Waals surface area contributed by atoms with E-state index in [9.17, 15) is 9.18 Å². The summed E-state index contributed by atoms with van der Waals surface area (Å²) in [6.07, 6.45) is 3.16. The smallest absolute Gasteiger partial charge is 0.258 e. The highest BCUT2D eigenvalue weighted by atomic mass is 79.9. The number of aromatic nitrogens is 2. The zero-order chi connectivity index (χ0) is 14.5. The number of benzene rings is 1. The molecule has 0 aliphatic rings. The molecule has 106 valence electrons. The summed E-state index contributed by atoms with van der Waals surface area (Å²) < 4.78 is 20.8. The van der Waals surface area contributed by atoms with Gasteiger partial charge < -0.3 is 10.1 Å². The first-order valence-corrected chi connectivity index (χ1v) is 6.67. The minimum absolute atomic E-state index is 0.0241. The van der Waals surface area contributed by atoms with Crippen molar-refractivity contribution in [3.05, 3.63) is 46.4 Å². The number of anilines is 1. The molecule has 7 heteroatoms. The van der Waals surface area contributed by atoms with Crippen LogP contribution in [0.4, 0.5) is 10.1 Å². The van der Waals surface area contributed by atoms with Crippen molar-refractivity contribution in [1.29, 1.82) is 0 Å². The van der Waals surface area contributed by atoms with Gasteiger partial charge in [-0.2, -0.15) is 5.10 Å². The second kappa shape index (κ2) is 6.62. The lowest BCUT2D eigenvalue weighted by atomic mass is 10.2. The first-order chi connectivity index (χ1) is 9.60. The Morgan fingerprint density at radius 1 is 1.55 bits per heavy atom. The van der Waals surface area contributed by atoms with Crippen LogP contribution in [0.5, 0.6) is 0 Å². The van der Waals surface area contributed by atoms with Gasteiger partial charge in [0.05, 0.1) is 30.6 Å². The second-order valence-electron chi connectivity index (χ2n) is 4.06. The molecule has 0 aliphatic carbocycles. The predicted molar refractivity (Wildman–Crippen MR) is 76.2 cm³/mol. The van der Waals surface area contributed by atoms with Gasteiger partial charge in [0.15, 0.2) is 0 Å². The minimum Gasteiger partial charge on any atom is -0.383 e. The Morgan fingerprint density at radius 3 is 3.10 bits per heavy atom. The molecule has 1 aromatic carbocycles. The quantitative estimate of drug-likeness (QED) is 0.909. The number of hydrogen-bond donors (Lipinski definition) is 1. The van der Waals surface area contributed by atoms with E-state index in [-0.39, 0.29) is 5.56 Å². The second-order valence-corrected chi connectivity index (χ2v) is 4.98. The molecule has 1 heterocycles. The highest BCUT2D eigenvalue weighted by Gasteiger charge is 2.13. The monoisotopic (exact) mass is 341 g/mol. The average molecular weight is 342 g/mol. The van der Waals surface area contributed by atoms with Crippen LogP contribution in [0.25, 0.3) is 0 Å². The lowest BCUT2D eigenvalue weighted by Gasteiger charge is -2.04. The summed E-state index contributed by atoms with van der Waals surface area (Å²) in [5, 5.41) is 6.66. The van der Waals surface area contributed by atoms with Crippen LogP contribution in [0.3, 0.4) is 0 Å². The molecule has 0 atom stereocenters. The van der Waals surface area contributed by atoms with Crippen LogP contribution >= 0.6 is 15.9 Å². The van der Waals surface area contributed by atoms with Crippen molar-refractivity contribution in [2.75, 3.05) is 19.0 Å². The molecule has 0 saturated carbocycles. The van der Waals surface area contributed by atoms with Gasteiger partial charge in [0, 0.05) is 17.8 Å². The van der Waals surface area contributed by atoms with Gasteiger partial charge in [-0.3, -0.25) is 9.48 Å². The van der Waals surface area contributed by atoms with Crippen molar-refractivity contribution in [3.63, 3.8) is 0 Å². The molecule has 1 N–H and O–H groups in total. The molecule has 0 fully saturated rings. The molecule has 1 amide bonds. The van der Waals surface area contributed by atoms with E-state index < -0.39 is 11.7 Å². The standard InChI is InChI=1S/C13H13BrFN3O2/c1-20-5-4-18-8-10(7-16-18)17-13(19)11-6-9(14)2-3-12(11)15/h2-3,6-8H,4-5H2,1H3,(H,17,19). The fraction of sp³-hybridized carbons (Fsp3) is 0.231. The Labute approximate surface area is 123 Å². The Kier molecular flexibility index (Phi) is 4.86. The predicted octanol–water partition coefficient (Wildman–Crippen LogP) is 2.68. The van der Waals surface area contributed by atoms with Gasteiger partial charge >= 0.3 is 0 Å². The van der Waals surface area contributed by atoms with E-state index in [1.807, 2.05) is 0 Å². The molecule has 5 nitrogen and oxygen atoms in total. The van der Waals surface area contributed by atoms with E-state index in [2.05, 4.69) is 26.3 Å². The number of nitrogens with zero attached hydrogens (tertiary/aromatic N) is 2. The molecule has 0 radical (unpaired) electrons. The zero-order valence-corrected chi connectivity index (χ0v) is 12.4. The topological polar surface area (TPSA) is 56.1 Å². The van der Waals surface area contributed by atoms with Crippen molar-refractivity contribution in [1.82, 2.24) is 9.78 Å². The van der Waals surface area contributed by atoms with Crippen molar-refractivity contribution in [2.24, 2.45) is 0 Å². The van der Waals surface area contributed by atoms with Gasteiger partial charge in [-0.05, 0) is 18.2 Å². The summed E-state index contributed by atoms with van der Waals surface area (Å²) in [6.45, 7) is 1.10. The van der Waals surface area contributed by atoms with E-state index in [1.165, 1.54) is 24.4 Å². The third-order valence-electron chi connectivity index (χ3n) is 2.59. The number of nitrogens with one attached hydrogen (secondary N) is 1. The van der Waals surface area contributed by atoms with Gasteiger partial charge in [0.25, 0.3) is 5.91 Å². The highest BCUT2D eigenvalue weighted by Crippen LogP contribution is 2.17. The summed E-state index contributed by atoms with van der Waals surface area (Å²) in [4.78, 5) is 12.0. The van der Waals surface area contributed by atoms with E-state index in [4.69, 9.17) is 4.74 Å². The highest BCUT2D eigenvalue weighted by molar-refractivity contribution is 9.10. The van der Waals surface area contributed by atoms with Crippen LogP contribution in [-0.4, -0.2) is 29.4 Å². The first-order valence-electron chi connectivity index (χ1n) is 5.88. The van der Waals surface area contributed by atoms with E-state index >= 15 is 0 Å². The number of amides is 1. The Bertz CT molecular complexity index is 615. The maximum Gasteiger partial charge on any atom is 0.258 e. The number of rotatable bonds is 5. The molecule has 2 rings (SSSR count). The fourth-order valence-electron chi connectivity index (χ4n) is 1.61. The molecule has 20 heavy (non-hydrogen) atoms. The van der Waals surface area contributed by atoms with E-state index in [0.717, 1.165) is 0 Å². The number of hydrogen-bond acceptors (Lipinski definition) is 3. The van der Waals surface area contributed by atoms with Gasteiger partial charge in [0.1, 0.15) is 5.82 Å². The normalized spacial score (nSPS) is 10.6. The summed E-state index contributed by atoms with van der Waals surface area (Å²) in [6, 6.07) is 4.20. The van der Waals surface area contributed by atoms with Crippen molar-refractivity contribution in [3.8, 4) is 0 Å². The molecule has 0 unspecified atom stereocenters. The van der Waals surface area contributed by atoms with Gasteiger partial charge in [-0.25, -0.2) is 4.39 Å². The van der Waals surface area contributed by atoms with Crippen LogP contribution in [0.15, 0.2) is 35.1 Å². The number of halogens is 2. The molecular formula is C13H13BrFN3O2. The fourth-order valence-corrected chi connectivity index (χ4v) is 1.97. The number of ether oxygens (including phenoxy) is 1. The summed E-state index contributed by atoms with van der Waals surface area (Å²) in [5.41, 5.74) is 0.481. The first kappa shape index (κ1) is 14.7. The van der Waals surface area contributed by atoms with Crippen molar-refractivity contribution >= 4 is 27.5 Å². The van der Waals surface area contributed by atoms with Crippen LogP contribution in [-0.2, 0) is 11.3 Å². The maximum atomic E-state index is 13.6. The molecule has 0 bridgehead atoms. The molecule has 0 saturated heterocycles. The third-order valence-corrected chi connectivity index (χ3v) is 3.08. The summed E-state index contributed by atoms with van der Waals surface area (Å²) >= 11 is 3.21. The zero-order valence-electron chi connectivity index (χ0n) is 10.8. The van der Waals surface area contributed by atoms with E-state index in [0.29, 0.717) is 23.3 Å². The van der Waals surface area contributed by atoms with Gasteiger partial charge in [-0.1, -0.05) is 15.9 Å². The van der Waals surface area contributed by atoms with Crippen LogP contribution in [0, 0.1) is 5.82 Å². The van der Waals surface area contributed by atoms with Crippen molar-refractivity contribution in [2.45, 2.75) is 6.54 Å². The number of methoxy groups -OCH3 is 1. The molecule has 0 aliphatic heterocycles. The lowest BCUT2D eigenvalue weighted by molar-refractivity contribution is 0.102. The largest absolute Gasteiger partial charge is 0.383 e. The number of carbonyl (C=O) groups excluding carboxylic acids is 1. The molecular weight excluding hydrogens is 329 g/mol. The lowest BCUT2D eigenvalue weighted by Crippen LogP contribution is -2.13. The Morgan fingerprint density at radius 2 is 2.35 bits per heavy atom. The van der Waals surface area contributed by atoms with E-state index in [1.54, 1.807) is 18.0 Å². The van der Waals surface area contributed by atoms with Crippen LogP contribution < -0.4 is 5.32 Å². The Balaban J connectivity index is 2.07. The molecule has 0 spiro atoms. The minimum atomic E-state index is -0.572. The SMILES string of the molecule is COCCn1cc(NC(=O)c2cc(Br)ccc2F)cn1. The maximum absolute atomic E-state index is 13.6. The van der Waals surface area contributed by atoms with Crippen LogP contribution in [0.2, 0.25) is 0 Å².